The SMILES string of the molecule is CN1CCCN(C(=O)CCCn2nnc(-c3ccc(F)cc3)n2)CC1. The third kappa shape index (κ3) is 4.82. The Balaban J connectivity index is 1.47. The summed E-state index contributed by atoms with van der Waals surface area (Å²) in [6.45, 7) is 4.13. The molecule has 7 nitrogen and oxygen atoms in total. The number of tetrazole rings is 1. The molecule has 25 heavy (non-hydrogen) atoms. The van der Waals surface area contributed by atoms with Crippen molar-refractivity contribution in [3.8, 4) is 11.4 Å². The van der Waals surface area contributed by atoms with Crippen LogP contribution >= 0.6 is 0 Å². The van der Waals surface area contributed by atoms with Crippen molar-refractivity contribution in [3.63, 3.8) is 0 Å². The first-order valence-corrected chi connectivity index (χ1v) is 8.62. The molecular weight excluding hydrogens is 323 g/mol. The van der Waals surface area contributed by atoms with Crippen LogP contribution in [0.1, 0.15) is 19.3 Å². The van der Waals surface area contributed by atoms with E-state index < -0.39 is 0 Å². The number of likely N-dealkylation sites (N-methyl/N-ethyl adjacent to an activating group) is 1. The quantitative estimate of drug-likeness (QED) is 0.819. The van der Waals surface area contributed by atoms with Crippen LogP contribution in [0.5, 0.6) is 0 Å². The fourth-order valence-corrected chi connectivity index (χ4v) is 2.88. The van der Waals surface area contributed by atoms with E-state index in [2.05, 4.69) is 27.4 Å². The van der Waals surface area contributed by atoms with E-state index in [0.717, 1.165) is 38.2 Å². The number of rotatable bonds is 5. The molecule has 0 aliphatic carbocycles. The number of aryl methyl sites for hydroxylation is 1. The Morgan fingerprint density at radius 2 is 1.96 bits per heavy atom. The van der Waals surface area contributed by atoms with Gasteiger partial charge in [0.1, 0.15) is 5.82 Å². The normalized spacial score (nSPS) is 16.0. The van der Waals surface area contributed by atoms with Crippen LogP contribution < -0.4 is 0 Å². The van der Waals surface area contributed by atoms with Crippen LogP contribution in [0.3, 0.4) is 0 Å². The maximum Gasteiger partial charge on any atom is 0.222 e. The average Bonchev–Trinajstić information content (AvgIpc) is 2.96. The second-order valence-electron chi connectivity index (χ2n) is 6.36. The van der Waals surface area contributed by atoms with Gasteiger partial charge in [0.25, 0.3) is 0 Å². The van der Waals surface area contributed by atoms with Gasteiger partial charge in [-0.15, -0.1) is 10.2 Å². The monoisotopic (exact) mass is 346 g/mol. The third-order valence-electron chi connectivity index (χ3n) is 4.38. The molecule has 1 amide bonds. The van der Waals surface area contributed by atoms with Crippen molar-refractivity contribution >= 4 is 5.91 Å². The molecule has 1 aliphatic rings. The number of hydrogen-bond acceptors (Lipinski definition) is 5. The summed E-state index contributed by atoms with van der Waals surface area (Å²) in [5.74, 6) is 0.352. The summed E-state index contributed by atoms with van der Waals surface area (Å²) in [6, 6.07) is 5.98. The Labute approximate surface area is 146 Å². The zero-order chi connectivity index (χ0) is 17.6. The Morgan fingerprint density at radius 1 is 1.16 bits per heavy atom. The van der Waals surface area contributed by atoms with Gasteiger partial charge in [-0.25, -0.2) is 4.39 Å². The standard InChI is InChI=1S/C17H23FN6O/c1-22-9-3-10-23(13-12-22)16(25)4-2-11-24-20-17(19-21-24)14-5-7-15(18)8-6-14/h5-8H,2-4,9-13H2,1H3. The second-order valence-corrected chi connectivity index (χ2v) is 6.36. The molecule has 2 aromatic rings. The molecular formula is C17H23FN6O. The molecule has 0 radical (unpaired) electrons. The summed E-state index contributed by atoms with van der Waals surface area (Å²) in [4.78, 5) is 18.0. The zero-order valence-electron chi connectivity index (χ0n) is 14.4. The molecule has 0 atom stereocenters. The molecule has 134 valence electrons. The zero-order valence-corrected chi connectivity index (χ0v) is 14.4. The molecule has 0 bridgehead atoms. The molecule has 0 saturated carbocycles. The lowest BCUT2D eigenvalue weighted by Crippen LogP contribution is -2.34. The largest absolute Gasteiger partial charge is 0.341 e. The van der Waals surface area contributed by atoms with E-state index in [1.165, 1.54) is 16.9 Å². The van der Waals surface area contributed by atoms with Crippen LogP contribution in [-0.2, 0) is 11.3 Å². The average molecular weight is 346 g/mol. The van der Waals surface area contributed by atoms with Gasteiger partial charge in [0.2, 0.25) is 11.7 Å². The molecule has 1 aliphatic heterocycles. The summed E-state index contributed by atoms with van der Waals surface area (Å²) in [5.41, 5.74) is 0.720. The summed E-state index contributed by atoms with van der Waals surface area (Å²) in [5, 5.41) is 12.3. The number of hydrogen-bond donors (Lipinski definition) is 0. The molecule has 1 saturated heterocycles. The third-order valence-corrected chi connectivity index (χ3v) is 4.38. The summed E-state index contributed by atoms with van der Waals surface area (Å²) < 4.78 is 12.9. The summed E-state index contributed by atoms with van der Waals surface area (Å²) in [7, 11) is 2.09. The molecule has 1 aromatic carbocycles. The number of benzene rings is 1. The van der Waals surface area contributed by atoms with E-state index in [4.69, 9.17) is 0 Å². The lowest BCUT2D eigenvalue weighted by molar-refractivity contribution is -0.131. The minimum atomic E-state index is -0.297. The van der Waals surface area contributed by atoms with Crippen LogP contribution in [0.2, 0.25) is 0 Å². The van der Waals surface area contributed by atoms with Gasteiger partial charge in [-0.1, -0.05) is 0 Å². The van der Waals surface area contributed by atoms with Crippen molar-refractivity contribution in [1.29, 1.82) is 0 Å². The van der Waals surface area contributed by atoms with Crippen LogP contribution in [0.15, 0.2) is 24.3 Å². The Morgan fingerprint density at radius 3 is 2.76 bits per heavy atom. The van der Waals surface area contributed by atoms with E-state index in [9.17, 15) is 9.18 Å². The minimum absolute atomic E-state index is 0.189. The molecule has 0 unspecified atom stereocenters. The van der Waals surface area contributed by atoms with Gasteiger partial charge in [0.15, 0.2) is 0 Å². The number of carbonyl (C=O) groups is 1. The van der Waals surface area contributed by atoms with Gasteiger partial charge in [-0.05, 0) is 55.9 Å². The first-order chi connectivity index (χ1) is 12.1. The molecule has 0 spiro atoms. The van der Waals surface area contributed by atoms with E-state index in [0.29, 0.717) is 25.2 Å². The second kappa shape index (κ2) is 8.15. The first-order valence-electron chi connectivity index (χ1n) is 8.62. The highest BCUT2D eigenvalue weighted by molar-refractivity contribution is 5.76. The number of amides is 1. The molecule has 3 rings (SSSR count). The fourth-order valence-electron chi connectivity index (χ4n) is 2.88. The van der Waals surface area contributed by atoms with Crippen molar-refractivity contribution in [2.75, 3.05) is 33.2 Å². The van der Waals surface area contributed by atoms with E-state index in [-0.39, 0.29) is 11.7 Å². The Hall–Kier alpha value is -2.35. The summed E-state index contributed by atoms with van der Waals surface area (Å²) >= 11 is 0. The number of nitrogens with zero attached hydrogens (tertiary/aromatic N) is 6. The molecule has 8 heteroatoms. The highest BCUT2D eigenvalue weighted by Gasteiger charge is 2.17. The van der Waals surface area contributed by atoms with Crippen LogP contribution in [0.4, 0.5) is 4.39 Å². The Bertz CT molecular complexity index is 701. The smallest absolute Gasteiger partial charge is 0.222 e. The van der Waals surface area contributed by atoms with Crippen molar-refractivity contribution in [2.24, 2.45) is 0 Å². The van der Waals surface area contributed by atoms with E-state index in [1.807, 2.05) is 4.90 Å². The van der Waals surface area contributed by atoms with Gasteiger partial charge >= 0.3 is 0 Å². The maximum absolute atomic E-state index is 12.9. The molecule has 1 fully saturated rings. The van der Waals surface area contributed by atoms with Gasteiger partial charge in [0.05, 0.1) is 6.54 Å². The van der Waals surface area contributed by atoms with Gasteiger partial charge in [-0.3, -0.25) is 4.79 Å². The van der Waals surface area contributed by atoms with E-state index >= 15 is 0 Å². The highest BCUT2D eigenvalue weighted by Crippen LogP contribution is 2.14. The topological polar surface area (TPSA) is 67.2 Å². The first kappa shape index (κ1) is 17.5. The number of aromatic nitrogens is 4. The minimum Gasteiger partial charge on any atom is -0.341 e. The fraction of sp³-hybridized carbons (Fsp3) is 0.529. The molecule has 2 heterocycles. The molecule has 1 aromatic heterocycles. The maximum atomic E-state index is 12.9. The van der Waals surface area contributed by atoms with Gasteiger partial charge < -0.3 is 9.80 Å². The number of halogens is 1. The van der Waals surface area contributed by atoms with E-state index in [1.54, 1.807) is 12.1 Å². The lowest BCUT2D eigenvalue weighted by Gasteiger charge is -2.20. The lowest BCUT2D eigenvalue weighted by atomic mass is 10.2. The Kier molecular flexibility index (Phi) is 5.70. The predicted octanol–water partition coefficient (Wildman–Crippen LogP) is 1.42. The van der Waals surface area contributed by atoms with Gasteiger partial charge in [0, 0.05) is 31.6 Å². The molecule has 0 N–H and O–H groups in total. The van der Waals surface area contributed by atoms with Gasteiger partial charge in [-0.2, -0.15) is 4.80 Å². The van der Waals surface area contributed by atoms with Crippen LogP contribution in [0, 0.1) is 5.82 Å². The highest BCUT2D eigenvalue weighted by atomic mass is 19.1. The summed E-state index contributed by atoms with van der Waals surface area (Å²) in [6.07, 6.45) is 2.18. The van der Waals surface area contributed by atoms with Crippen LogP contribution in [0.25, 0.3) is 11.4 Å². The van der Waals surface area contributed by atoms with Crippen molar-refractivity contribution in [2.45, 2.75) is 25.8 Å². The van der Waals surface area contributed by atoms with Crippen molar-refractivity contribution < 1.29 is 9.18 Å². The van der Waals surface area contributed by atoms with Crippen molar-refractivity contribution in [1.82, 2.24) is 30.0 Å². The predicted molar refractivity (Wildman–Crippen MR) is 91.1 cm³/mol. The van der Waals surface area contributed by atoms with Crippen molar-refractivity contribution in [3.05, 3.63) is 30.1 Å². The van der Waals surface area contributed by atoms with Crippen LogP contribution in [-0.4, -0.2) is 69.1 Å². The number of carbonyl (C=O) groups excluding carboxylic acids is 1.